The Bertz CT molecular complexity index is 384. The first kappa shape index (κ1) is 13.1. The third-order valence-electron chi connectivity index (χ3n) is 2.30. The van der Waals surface area contributed by atoms with Gasteiger partial charge in [0.25, 0.3) is 0 Å². The fourth-order valence-corrected chi connectivity index (χ4v) is 2.45. The molecular weight excluding hydrogens is 229 g/mol. The van der Waals surface area contributed by atoms with E-state index in [9.17, 15) is 8.60 Å². The van der Waals surface area contributed by atoms with Crippen LogP contribution in [0.5, 0.6) is 0 Å². The van der Waals surface area contributed by atoms with Gasteiger partial charge in [-0.15, -0.1) is 0 Å². The van der Waals surface area contributed by atoms with Gasteiger partial charge in [0.05, 0.1) is 16.5 Å². The van der Waals surface area contributed by atoms with Crippen molar-refractivity contribution >= 4 is 16.5 Å². The molecular formula is C11H16FNO2S. The molecule has 2 unspecified atom stereocenters. The number of hydrogen-bond donors (Lipinski definition) is 1. The maximum absolute atomic E-state index is 13.2. The second-order valence-electron chi connectivity index (χ2n) is 3.57. The molecule has 3 nitrogen and oxygen atoms in total. The molecule has 0 fully saturated rings. The number of nitrogens with two attached hydrogens (primary N) is 1. The maximum Gasteiger partial charge on any atom is 0.147 e. The van der Waals surface area contributed by atoms with Crippen LogP contribution in [-0.2, 0) is 15.5 Å². The fraction of sp³-hybridized carbons (Fsp3) is 0.455. The van der Waals surface area contributed by atoms with Crippen LogP contribution in [0.15, 0.2) is 23.1 Å². The summed E-state index contributed by atoms with van der Waals surface area (Å²) in [5.41, 5.74) is 5.43. The number of nitrogen functional groups attached to an aromatic ring is 1. The zero-order valence-corrected chi connectivity index (χ0v) is 10.2. The Morgan fingerprint density at radius 1 is 1.56 bits per heavy atom. The van der Waals surface area contributed by atoms with Gasteiger partial charge in [0.1, 0.15) is 5.82 Å². The maximum atomic E-state index is 13.2. The molecule has 0 heterocycles. The molecule has 2 atom stereocenters. The lowest BCUT2D eigenvalue weighted by Crippen LogP contribution is -2.13. The number of methoxy groups -OCH3 is 1. The molecule has 0 spiro atoms. The molecule has 16 heavy (non-hydrogen) atoms. The van der Waals surface area contributed by atoms with Gasteiger partial charge in [-0.3, -0.25) is 4.21 Å². The van der Waals surface area contributed by atoms with Crippen molar-refractivity contribution in [3.05, 3.63) is 24.0 Å². The van der Waals surface area contributed by atoms with E-state index < -0.39 is 16.6 Å². The highest BCUT2D eigenvalue weighted by atomic mass is 32.2. The van der Waals surface area contributed by atoms with Crippen LogP contribution in [0.3, 0.4) is 0 Å². The average Bonchev–Trinajstić information content (AvgIpc) is 2.28. The zero-order valence-electron chi connectivity index (χ0n) is 9.40. The summed E-state index contributed by atoms with van der Waals surface area (Å²) in [5.74, 6) is -0.523. The van der Waals surface area contributed by atoms with E-state index >= 15 is 0 Å². The summed E-state index contributed by atoms with van der Waals surface area (Å²) >= 11 is 0. The molecule has 0 aliphatic rings. The van der Waals surface area contributed by atoms with Crippen LogP contribution < -0.4 is 5.73 Å². The van der Waals surface area contributed by atoms with Gasteiger partial charge in [-0.25, -0.2) is 4.39 Å². The van der Waals surface area contributed by atoms with Gasteiger partial charge < -0.3 is 10.5 Å². The smallest absolute Gasteiger partial charge is 0.147 e. The van der Waals surface area contributed by atoms with Gasteiger partial charge in [0.15, 0.2) is 0 Å². The number of halogens is 1. The second kappa shape index (κ2) is 5.96. The lowest BCUT2D eigenvalue weighted by Gasteiger charge is -2.11. The Labute approximate surface area is 97.2 Å². The summed E-state index contributed by atoms with van der Waals surface area (Å²) in [6.07, 6.45) is 0.676. The van der Waals surface area contributed by atoms with E-state index in [0.717, 1.165) is 0 Å². The normalized spacial score (nSPS) is 14.7. The van der Waals surface area contributed by atoms with Gasteiger partial charge in [-0.05, 0) is 24.6 Å². The molecule has 1 aromatic rings. The molecule has 0 saturated carbocycles. The first-order chi connectivity index (χ1) is 7.56. The Hall–Kier alpha value is -0.940. The van der Waals surface area contributed by atoms with Crippen molar-refractivity contribution in [1.82, 2.24) is 0 Å². The molecule has 5 heteroatoms. The molecule has 0 aliphatic carbocycles. The van der Waals surface area contributed by atoms with Crippen LogP contribution in [0.2, 0.25) is 0 Å². The standard InChI is InChI=1S/C11H16FNO2S/c1-8(5-6-15-2)16(14)9-3-4-11(13)10(12)7-9/h3-4,7-8H,5-6,13H2,1-2H3. The second-order valence-corrected chi connectivity index (χ2v) is 5.44. The minimum Gasteiger partial charge on any atom is -0.396 e. The summed E-state index contributed by atoms with van der Waals surface area (Å²) in [6.45, 7) is 2.40. The van der Waals surface area contributed by atoms with Crippen LogP contribution in [0, 0.1) is 5.82 Å². The van der Waals surface area contributed by atoms with E-state index in [1.807, 2.05) is 6.92 Å². The molecule has 1 aromatic carbocycles. The van der Waals surface area contributed by atoms with Gasteiger partial charge >= 0.3 is 0 Å². The van der Waals surface area contributed by atoms with Crippen molar-refractivity contribution in [1.29, 1.82) is 0 Å². The SMILES string of the molecule is COCCC(C)S(=O)c1ccc(N)c(F)c1. The van der Waals surface area contributed by atoms with Crippen molar-refractivity contribution < 1.29 is 13.3 Å². The molecule has 2 N–H and O–H groups in total. The lowest BCUT2D eigenvalue weighted by molar-refractivity contribution is 0.195. The number of anilines is 1. The lowest BCUT2D eigenvalue weighted by atomic mass is 10.3. The summed E-state index contributed by atoms with van der Waals surface area (Å²) < 4.78 is 30.0. The summed E-state index contributed by atoms with van der Waals surface area (Å²) in [7, 11) is 0.372. The predicted molar refractivity (Wildman–Crippen MR) is 63.2 cm³/mol. The van der Waals surface area contributed by atoms with Crippen LogP contribution in [0.1, 0.15) is 13.3 Å². The van der Waals surface area contributed by atoms with Crippen LogP contribution in [0.25, 0.3) is 0 Å². The quantitative estimate of drug-likeness (QED) is 0.807. The Kier molecular flexibility index (Phi) is 4.89. The molecule has 0 amide bonds. The molecule has 0 bridgehead atoms. The molecule has 1 rings (SSSR count). The van der Waals surface area contributed by atoms with E-state index in [0.29, 0.717) is 17.9 Å². The van der Waals surface area contributed by atoms with Crippen molar-refractivity contribution in [2.45, 2.75) is 23.5 Å². The average molecular weight is 245 g/mol. The van der Waals surface area contributed by atoms with Crippen LogP contribution in [-0.4, -0.2) is 23.2 Å². The molecule has 90 valence electrons. The molecule has 0 saturated heterocycles. The summed E-state index contributed by atoms with van der Waals surface area (Å²) in [5, 5.41) is -0.0667. The fourth-order valence-electron chi connectivity index (χ4n) is 1.26. The number of ether oxygens (including phenoxy) is 1. The van der Waals surface area contributed by atoms with E-state index in [4.69, 9.17) is 10.5 Å². The van der Waals surface area contributed by atoms with Gasteiger partial charge in [-0.2, -0.15) is 0 Å². The highest BCUT2D eigenvalue weighted by Crippen LogP contribution is 2.18. The molecule has 0 radical (unpaired) electrons. The highest BCUT2D eigenvalue weighted by Gasteiger charge is 2.14. The molecule has 0 aromatic heterocycles. The number of rotatable bonds is 5. The third-order valence-corrected chi connectivity index (χ3v) is 3.98. The minimum absolute atomic E-state index is 0.0667. The Morgan fingerprint density at radius 2 is 2.25 bits per heavy atom. The Balaban J connectivity index is 2.76. The third kappa shape index (κ3) is 3.28. The first-order valence-electron chi connectivity index (χ1n) is 5.00. The molecule has 0 aliphatic heterocycles. The van der Waals surface area contributed by atoms with E-state index in [-0.39, 0.29) is 10.9 Å². The van der Waals surface area contributed by atoms with Crippen LogP contribution >= 0.6 is 0 Å². The van der Waals surface area contributed by atoms with E-state index in [1.165, 1.54) is 12.1 Å². The van der Waals surface area contributed by atoms with Crippen molar-refractivity contribution in [2.24, 2.45) is 0 Å². The topological polar surface area (TPSA) is 52.3 Å². The highest BCUT2D eigenvalue weighted by molar-refractivity contribution is 7.85. The summed E-state index contributed by atoms with van der Waals surface area (Å²) in [6, 6.07) is 4.26. The van der Waals surface area contributed by atoms with Gasteiger partial charge in [0, 0.05) is 23.9 Å². The monoisotopic (exact) mass is 245 g/mol. The largest absolute Gasteiger partial charge is 0.396 e. The minimum atomic E-state index is -1.22. The van der Waals surface area contributed by atoms with Gasteiger partial charge in [-0.1, -0.05) is 6.92 Å². The zero-order chi connectivity index (χ0) is 12.1. The van der Waals surface area contributed by atoms with E-state index in [2.05, 4.69) is 0 Å². The predicted octanol–water partition coefficient (Wildman–Crippen LogP) is 1.94. The van der Waals surface area contributed by atoms with Gasteiger partial charge in [0.2, 0.25) is 0 Å². The first-order valence-corrected chi connectivity index (χ1v) is 6.22. The van der Waals surface area contributed by atoms with Crippen LogP contribution in [0.4, 0.5) is 10.1 Å². The number of hydrogen-bond acceptors (Lipinski definition) is 3. The number of benzene rings is 1. The Morgan fingerprint density at radius 3 is 2.81 bits per heavy atom. The van der Waals surface area contributed by atoms with Crippen molar-refractivity contribution in [2.75, 3.05) is 19.5 Å². The van der Waals surface area contributed by atoms with Crippen molar-refractivity contribution in [3.63, 3.8) is 0 Å². The summed E-state index contributed by atoms with van der Waals surface area (Å²) in [4.78, 5) is 0.468. The van der Waals surface area contributed by atoms with E-state index in [1.54, 1.807) is 13.2 Å². The van der Waals surface area contributed by atoms with Crippen molar-refractivity contribution in [3.8, 4) is 0 Å².